The third-order valence-corrected chi connectivity index (χ3v) is 3.45. The van der Waals surface area contributed by atoms with E-state index in [1.807, 2.05) is 54.6 Å². The highest BCUT2D eigenvalue weighted by Crippen LogP contribution is 2.31. The molecule has 1 atom stereocenters. The minimum atomic E-state index is -0.947. The highest BCUT2D eigenvalue weighted by atomic mass is 16.5. The summed E-state index contributed by atoms with van der Waals surface area (Å²) in [6, 6.07) is 19.0. The molecule has 0 saturated heterocycles. The smallest absolute Gasteiger partial charge is 0.416 e. The van der Waals surface area contributed by atoms with Crippen molar-refractivity contribution >= 4 is 17.5 Å². The summed E-state index contributed by atoms with van der Waals surface area (Å²) >= 11 is 0. The summed E-state index contributed by atoms with van der Waals surface area (Å²) in [5.74, 6) is 0. The van der Waals surface area contributed by atoms with E-state index in [-0.39, 0.29) is 0 Å². The second kappa shape index (κ2) is 5.70. The molecular formula is C17H13N3O2. The molecule has 0 bridgehead atoms. The third kappa shape index (κ3) is 2.21. The first-order chi connectivity index (χ1) is 10.8. The van der Waals surface area contributed by atoms with Crippen molar-refractivity contribution in [3.05, 3.63) is 65.7 Å². The number of aliphatic imine (C=N–C) groups is 1. The average molecular weight is 291 g/mol. The van der Waals surface area contributed by atoms with Crippen LogP contribution in [0.15, 0.2) is 59.6 Å². The molecule has 1 amide bonds. The fourth-order valence-corrected chi connectivity index (χ4v) is 2.47. The summed E-state index contributed by atoms with van der Waals surface area (Å²) in [5, 5.41) is 9.39. The van der Waals surface area contributed by atoms with E-state index in [0.29, 0.717) is 11.4 Å². The summed E-state index contributed by atoms with van der Waals surface area (Å²) in [6.45, 7) is 0. The van der Waals surface area contributed by atoms with Crippen LogP contribution in [0.1, 0.15) is 11.1 Å². The quantitative estimate of drug-likeness (QED) is 0.811. The Bertz CT molecular complexity index is 778. The lowest BCUT2D eigenvalue weighted by Gasteiger charge is -2.30. The van der Waals surface area contributed by atoms with Gasteiger partial charge in [0.1, 0.15) is 6.07 Å². The van der Waals surface area contributed by atoms with Gasteiger partial charge >= 0.3 is 6.09 Å². The summed E-state index contributed by atoms with van der Waals surface area (Å²) < 4.78 is 4.79. The SMILES string of the molecule is COC(=O)N1c2ccccc2C(c2ccccc2)=NC1C#N. The van der Waals surface area contributed by atoms with Gasteiger partial charge in [-0.1, -0.05) is 48.5 Å². The number of benzene rings is 2. The van der Waals surface area contributed by atoms with Crippen LogP contribution in [-0.4, -0.2) is 25.1 Å². The van der Waals surface area contributed by atoms with E-state index >= 15 is 0 Å². The van der Waals surface area contributed by atoms with Crippen LogP contribution in [0.2, 0.25) is 0 Å². The fraction of sp³-hybridized carbons (Fsp3) is 0.118. The molecule has 2 aromatic carbocycles. The number of carbonyl (C=O) groups is 1. The van der Waals surface area contributed by atoms with Crippen molar-refractivity contribution in [2.24, 2.45) is 4.99 Å². The standard InChI is InChI=1S/C17H13N3O2/c1-22-17(21)20-14-10-6-5-9-13(14)16(19-15(20)11-18)12-7-3-2-4-8-12/h2-10,15H,1H3. The molecule has 1 unspecified atom stereocenters. The molecule has 1 aliphatic heterocycles. The zero-order chi connectivity index (χ0) is 15.5. The Morgan fingerprint density at radius 2 is 1.86 bits per heavy atom. The minimum absolute atomic E-state index is 0.602. The largest absolute Gasteiger partial charge is 0.452 e. The topological polar surface area (TPSA) is 65.7 Å². The number of nitrogens with zero attached hydrogens (tertiary/aromatic N) is 3. The van der Waals surface area contributed by atoms with Gasteiger partial charge < -0.3 is 4.74 Å². The van der Waals surface area contributed by atoms with Crippen LogP contribution in [0, 0.1) is 11.3 Å². The van der Waals surface area contributed by atoms with E-state index in [4.69, 9.17) is 4.74 Å². The molecule has 1 aliphatic rings. The predicted octanol–water partition coefficient (Wildman–Crippen LogP) is 2.96. The van der Waals surface area contributed by atoms with E-state index in [0.717, 1.165) is 11.1 Å². The normalized spacial score (nSPS) is 16.3. The molecule has 0 aliphatic carbocycles. The van der Waals surface area contributed by atoms with Gasteiger partial charge in [-0.2, -0.15) is 5.26 Å². The first kappa shape index (κ1) is 13.8. The van der Waals surface area contributed by atoms with Gasteiger partial charge in [0.25, 0.3) is 0 Å². The van der Waals surface area contributed by atoms with Crippen LogP contribution in [0.3, 0.4) is 0 Å². The predicted molar refractivity (Wildman–Crippen MR) is 82.8 cm³/mol. The van der Waals surface area contributed by atoms with Gasteiger partial charge in [-0.25, -0.2) is 14.7 Å². The first-order valence-corrected chi connectivity index (χ1v) is 6.75. The Hall–Kier alpha value is -3.13. The van der Waals surface area contributed by atoms with Crippen LogP contribution in [0.4, 0.5) is 10.5 Å². The molecule has 0 saturated carbocycles. The molecule has 5 heteroatoms. The van der Waals surface area contributed by atoms with Crippen LogP contribution >= 0.6 is 0 Å². The second-order valence-corrected chi connectivity index (χ2v) is 4.70. The molecule has 1 heterocycles. The summed E-state index contributed by atoms with van der Waals surface area (Å²) in [5.41, 5.74) is 3.02. The monoisotopic (exact) mass is 291 g/mol. The molecule has 0 aromatic heterocycles. The fourth-order valence-electron chi connectivity index (χ4n) is 2.47. The summed E-state index contributed by atoms with van der Waals surface area (Å²) in [7, 11) is 1.29. The number of carbonyl (C=O) groups excluding carboxylic acids is 1. The Morgan fingerprint density at radius 1 is 1.18 bits per heavy atom. The molecule has 0 radical (unpaired) electrons. The lowest BCUT2D eigenvalue weighted by Crippen LogP contribution is -2.42. The molecule has 108 valence electrons. The lowest BCUT2D eigenvalue weighted by molar-refractivity contribution is 0.177. The molecule has 0 fully saturated rings. The first-order valence-electron chi connectivity index (χ1n) is 6.75. The van der Waals surface area contributed by atoms with Crippen LogP contribution in [0.25, 0.3) is 0 Å². The number of ether oxygens (including phenoxy) is 1. The zero-order valence-corrected chi connectivity index (χ0v) is 11.9. The van der Waals surface area contributed by atoms with Crippen molar-refractivity contribution in [2.45, 2.75) is 6.17 Å². The van der Waals surface area contributed by atoms with Gasteiger partial charge in [0, 0.05) is 11.1 Å². The van der Waals surface area contributed by atoms with E-state index in [2.05, 4.69) is 4.99 Å². The van der Waals surface area contributed by atoms with Crippen LogP contribution < -0.4 is 4.90 Å². The van der Waals surface area contributed by atoms with Gasteiger partial charge in [-0.05, 0) is 6.07 Å². The molecule has 2 aromatic rings. The number of rotatable bonds is 1. The molecule has 22 heavy (non-hydrogen) atoms. The van der Waals surface area contributed by atoms with E-state index < -0.39 is 12.3 Å². The molecular weight excluding hydrogens is 278 g/mol. The maximum absolute atomic E-state index is 12.0. The molecule has 0 spiro atoms. The van der Waals surface area contributed by atoms with Gasteiger partial charge in [0.15, 0.2) is 0 Å². The number of nitriles is 1. The second-order valence-electron chi connectivity index (χ2n) is 4.70. The Morgan fingerprint density at radius 3 is 2.55 bits per heavy atom. The van der Waals surface area contributed by atoms with Crippen LogP contribution in [0.5, 0.6) is 0 Å². The Labute approximate surface area is 128 Å². The van der Waals surface area contributed by atoms with Gasteiger partial charge in [0.2, 0.25) is 6.17 Å². The number of amides is 1. The van der Waals surface area contributed by atoms with Gasteiger partial charge in [-0.15, -0.1) is 0 Å². The maximum Gasteiger partial charge on any atom is 0.416 e. The highest BCUT2D eigenvalue weighted by molar-refractivity contribution is 6.18. The maximum atomic E-state index is 12.0. The Kier molecular flexibility index (Phi) is 3.58. The number of methoxy groups -OCH3 is 1. The number of anilines is 1. The van der Waals surface area contributed by atoms with Crippen molar-refractivity contribution in [3.63, 3.8) is 0 Å². The third-order valence-electron chi connectivity index (χ3n) is 3.45. The number of para-hydroxylation sites is 1. The molecule has 3 rings (SSSR count). The van der Waals surface area contributed by atoms with Crippen molar-refractivity contribution in [1.82, 2.24) is 0 Å². The summed E-state index contributed by atoms with van der Waals surface area (Å²) in [4.78, 5) is 17.7. The van der Waals surface area contributed by atoms with E-state index in [1.54, 1.807) is 6.07 Å². The molecule has 5 nitrogen and oxygen atoms in total. The van der Waals surface area contributed by atoms with Crippen molar-refractivity contribution in [3.8, 4) is 6.07 Å². The lowest BCUT2D eigenvalue weighted by atomic mass is 9.98. The Balaban J connectivity index is 2.20. The summed E-state index contributed by atoms with van der Waals surface area (Å²) in [6.07, 6.45) is -1.55. The average Bonchev–Trinajstić information content (AvgIpc) is 2.60. The molecule has 0 N–H and O–H groups in total. The minimum Gasteiger partial charge on any atom is -0.452 e. The van der Waals surface area contributed by atoms with Crippen molar-refractivity contribution in [1.29, 1.82) is 5.26 Å². The number of fused-ring (bicyclic) bond motifs is 1. The van der Waals surface area contributed by atoms with Crippen molar-refractivity contribution < 1.29 is 9.53 Å². The van der Waals surface area contributed by atoms with Crippen molar-refractivity contribution in [2.75, 3.05) is 12.0 Å². The highest BCUT2D eigenvalue weighted by Gasteiger charge is 2.33. The van der Waals surface area contributed by atoms with E-state index in [9.17, 15) is 10.1 Å². The van der Waals surface area contributed by atoms with Gasteiger partial charge in [0.05, 0.1) is 18.5 Å². The number of hydrogen-bond acceptors (Lipinski definition) is 4. The zero-order valence-electron chi connectivity index (χ0n) is 11.9. The van der Waals surface area contributed by atoms with Gasteiger partial charge in [-0.3, -0.25) is 0 Å². The van der Waals surface area contributed by atoms with E-state index in [1.165, 1.54) is 12.0 Å². The number of hydrogen-bond donors (Lipinski definition) is 0. The van der Waals surface area contributed by atoms with Crippen LogP contribution in [-0.2, 0) is 4.74 Å².